The fourth-order valence-corrected chi connectivity index (χ4v) is 2.69. The van der Waals surface area contributed by atoms with Gasteiger partial charge in [-0.2, -0.15) is 0 Å². The van der Waals surface area contributed by atoms with Gasteiger partial charge in [0.05, 0.1) is 20.3 Å². The van der Waals surface area contributed by atoms with E-state index in [9.17, 15) is 20.1 Å². The number of amides is 1. The summed E-state index contributed by atoms with van der Waals surface area (Å²) in [6.07, 6.45) is -2.26. The molecule has 144 valence electrons. The van der Waals surface area contributed by atoms with Crippen LogP contribution in [0.4, 0.5) is 0 Å². The topological polar surface area (TPSA) is 117 Å². The third-order valence-corrected chi connectivity index (χ3v) is 4.26. The van der Waals surface area contributed by atoms with E-state index in [0.717, 1.165) is 5.56 Å². The molecule has 0 spiro atoms. The molecule has 8 heteroatoms. The highest BCUT2D eigenvalue weighted by atomic mass is 16.5. The molecule has 0 radical (unpaired) electrons. The summed E-state index contributed by atoms with van der Waals surface area (Å²) in [5, 5.41) is 31.9. The Labute approximate surface area is 152 Å². The van der Waals surface area contributed by atoms with E-state index < -0.39 is 30.5 Å². The molecule has 1 saturated heterocycles. The van der Waals surface area contributed by atoms with Gasteiger partial charge >= 0.3 is 0 Å². The summed E-state index contributed by atoms with van der Waals surface area (Å²) < 4.78 is 15.8. The molecule has 5 unspecified atom stereocenters. The molecular formula is C18H25NO7. The molecule has 1 aromatic carbocycles. The third-order valence-electron chi connectivity index (χ3n) is 4.26. The second-order valence-electron chi connectivity index (χ2n) is 6.04. The fraction of sp³-hybridized carbons (Fsp3) is 0.500. The first-order valence-electron chi connectivity index (χ1n) is 8.25. The average molecular weight is 367 g/mol. The highest BCUT2D eigenvalue weighted by Gasteiger charge is 2.41. The molecule has 26 heavy (non-hydrogen) atoms. The van der Waals surface area contributed by atoms with Crippen LogP contribution in [0.2, 0.25) is 0 Å². The van der Waals surface area contributed by atoms with E-state index in [-0.39, 0.29) is 12.5 Å². The summed E-state index contributed by atoms with van der Waals surface area (Å²) in [6, 6.07) is 5.24. The highest BCUT2D eigenvalue weighted by molar-refractivity contribution is 5.91. The van der Waals surface area contributed by atoms with Crippen molar-refractivity contribution < 1.29 is 34.3 Å². The van der Waals surface area contributed by atoms with Crippen molar-refractivity contribution in [3.8, 4) is 11.5 Å². The maximum atomic E-state index is 12.0. The van der Waals surface area contributed by atoms with Crippen LogP contribution in [0.15, 0.2) is 24.3 Å². The molecule has 4 N–H and O–H groups in total. The Hall–Kier alpha value is -2.13. The van der Waals surface area contributed by atoms with Crippen LogP contribution in [0.1, 0.15) is 12.5 Å². The number of nitrogens with one attached hydrogen (secondary N) is 1. The van der Waals surface area contributed by atoms with Gasteiger partial charge in [0, 0.05) is 12.6 Å². The second-order valence-corrected chi connectivity index (χ2v) is 6.04. The summed E-state index contributed by atoms with van der Waals surface area (Å²) in [7, 11) is 3.07. The Morgan fingerprint density at radius 2 is 1.85 bits per heavy atom. The summed E-state index contributed by atoms with van der Waals surface area (Å²) in [5.74, 6) is 0.756. The molecule has 8 nitrogen and oxygen atoms in total. The van der Waals surface area contributed by atoms with Gasteiger partial charge in [0.15, 0.2) is 11.5 Å². The van der Waals surface area contributed by atoms with Crippen molar-refractivity contribution in [2.45, 2.75) is 37.4 Å². The zero-order valence-corrected chi connectivity index (χ0v) is 15.0. The Morgan fingerprint density at radius 3 is 2.50 bits per heavy atom. The number of aliphatic hydroxyl groups excluding tert-OH is 3. The Morgan fingerprint density at radius 1 is 1.15 bits per heavy atom. The van der Waals surface area contributed by atoms with Crippen LogP contribution < -0.4 is 14.8 Å². The smallest absolute Gasteiger partial charge is 0.244 e. The minimum absolute atomic E-state index is 0.00436. The van der Waals surface area contributed by atoms with Crippen LogP contribution in [-0.2, 0) is 9.53 Å². The van der Waals surface area contributed by atoms with Gasteiger partial charge in [-0.25, -0.2) is 0 Å². The van der Waals surface area contributed by atoms with Crippen molar-refractivity contribution >= 4 is 12.0 Å². The lowest BCUT2D eigenvalue weighted by Crippen LogP contribution is -2.59. The number of hydrogen-bond acceptors (Lipinski definition) is 7. The first kappa shape index (κ1) is 20.2. The minimum atomic E-state index is -1.32. The van der Waals surface area contributed by atoms with Gasteiger partial charge in [0.25, 0.3) is 0 Å². The van der Waals surface area contributed by atoms with E-state index >= 15 is 0 Å². The summed E-state index contributed by atoms with van der Waals surface area (Å²) in [5.41, 5.74) is 0.749. The summed E-state index contributed by atoms with van der Waals surface area (Å²) in [4.78, 5) is 12.0. The predicted octanol–water partition coefficient (Wildman–Crippen LogP) is -0.297. The van der Waals surface area contributed by atoms with E-state index in [1.807, 2.05) is 0 Å². The van der Waals surface area contributed by atoms with Crippen LogP contribution in [0, 0.1) is 0 Å². The first-order valence-corrected chi connectivity index (χ1v) is 8.25. The Kier molecular flexibility index (Phi) is 6.98. The molecule has 1 fully saturated rings. The van der Waals surface area contributed by atoms with Crippen LogP contribution in [0.25, 0.3) is 6.08 Å². The molecule has 0 saturated carbocycles. The maximum Gasteiger partial charge on any atom is 0.244 e. The minimum Gasteiger partial charge on any atom is -0.493 e. The van der Waals surface area contributed by atoms with Crippen LogP contribution in [0.5, 0.6) is 11.5 Å². The van der Waals surface area contributed by atoms with E-state index in [1.54, 1.807) is 38.3 Å². The largest absolute Gasteiger partial charge is 0.493 e. The number of benzene rings is 1. The van der Waals surface area contributed by atoms with Gasteiger partial charge in [0.1, 0.15) is 24.4 Å². The van der Waals surface area contributed by atoms with Gasteiger partial charge in [-0.3, -0.25) is 4.79 Å². The number of hydrogen-bond donors (Lipinski definition) is 4. The van der Waals surface area contributed by atoms with E-state index in [1.165, 1.54) is 13.2 Å². The summed E-state index contributed by atoms with van der Waals surface area (Å²) >= 11 is 0. The lowest BCUT2D eigenvalue weighted by atomic mass is 9.95. The van der Waals surface area contributed by atoms with E-state index in [0.29, 0.717) is 11.5 Å². The maximum absolute atomic E-state index is 12.0. The van der Waals surface area contributed by atoms with Crippen molar-refractivity contribution in [3.05, 3.63) is 29.8 Å². The van der Waals surface area contributed by atoms with Crippen molar-refractivity contribution in [2.24, 2.45) is 0 Å². The zero-order chi connectivity index (χ0) is 19.3. The van der Waals surface area contributed by atoms with Crippen molar-refractivity contribution in [2.75, 3.05) is 20.8 Å². The zero-order valence-electron chi connectivity index (χ0n) is 15.0. The molecule has 2 rings (SSSR count). The SMILES string of the molecule is COc1ccc(/C=C/C(=O)NCC2OC(C)C(O)C(O)C2O)cc1OC. The van der Waals surface area contributed by atoms with Crippen molar-refractivity contribution in [1.82, 2.24) is 5.32 Å². The quantitative estimate of drug-likeness (QED) is 0.510. The van der Waals surface area contributed by atoms with Crippen LogP contribution >= 0.6 is 0 Å². The average Bonchev–Trinajstić information content (AvgIpc) is 2.66. The first-order chi connectivity index (χ1) is 12.4. The highest BCUT2D eigenvalue weighted by Crippen LogP contribution is 2.28. The Bertz CT molecular complexity index is 648. The van der Waals surface area contributed by atoms with Gasteiger partial charge in [-0.05, 0) is 30.7 Å². The van der Waals surface area contributed by atoms with Gasteiger partial charge < -0.3 is 34.8 Å². The molecule has 1 aliphatic heterocycles. The van der Waals surface area contributed by atoms with Crippen molar-refractivity contribution in [1.29, 1.82) is 0 Å². The monoisotopic (exact) mass is 367 g/mol. The van der Waals surface area contributed by atoms with E-state index in [2.05, 4.69) is 5.32 Å². The standard InChI is InChI=1S/C18H25NO7/c1-10-16(21)18(23)17(22)14(26-10)9-19-15(20)7-5-11-4-6-12(24-2)13(8-11)25-3/h4-8,10,14,16-18,21-23H,9H2,1-3H3,(H,19,20)/b7-5+. The van der Waals surface area contributed by atoms with Crippen LogP contribution in [0.3, 0.4) is 0 Å². The number of ether oxygens (including phenoxy) is 3. The predicted molar refractivity (Wildman–Crippen MR) is 93.9 cm³/mol. The third kappa shape index (κ3) is 4.73. The Balaban J connectivity index is 1.91. The molecule has 1 heterocycles. The molecule has 0 aromatic heterocycles. The number of methoxy groups -OCH3 is 2. The summed E-state index contributed by atoms with van der Waals surface area (Å²) in [6.45, 7) is 1.59. The molecule has 1 aromatic rings. The van der Waals surface area contributed by atoms with Gasteiger partial charge in [-0.1, -0.05) is 6.07 Å². The molecule has 5 atom stereocenters. The number of aliphatic hydroxyl groups is 3. The van der Waals surface area contributed by atoms with Gasteiger partial charge in [-0.15, -0.1) is 0 Å². The molecule has 1 aliphatic rings. The lowest BCUT2D eigenvalue weighted by molar-refractivity contribution is -0.215. The molecule has 0 aliphatic carbocycles. The number of carbonyl (C=O) groups excluding carboxylic acids is 1. The normalized spacial score (nSPS) is 28.8. The number of rotatable bonds is 6. The molecule has 0 bridgehead atoms. The second kappa shape index (κ2) is 9.00. The van der Waals surface area contributed by atoms with E-state index in [4.69, 9.17) is 14.2 Å². The van der Waals surface area contributed by atoms with Gasteiger partial charge in [0.2, 0.25) is 5.91 Å². The van der Waals surface area contributed by atoms with Crippen molar-refractivity contribution in [3.63, 3.8) is 0 Å². The number of carbonyl (C=O) groups is 1. The fourth-order valence-electron chi connectivity index (χ4n) is 2.69. The molecule has 1 amide bonds. The van der Waals surface area contributed by atoms with Crippen LogP contribution in [-0.4, -0.2) is 72.5 Å². The lowest BCUT2D eigenvalue weighted by Gasteiger charge is -2.39. The molecular weight excluding hydrogens is 342 g/mol.